The number of allylic oxidation sites excluding steroid dienone is 2. The first-order valence-electron chi connectivity index (χ1n) is 10.3. The number of thioether (sulfide) groups is 1. The lowest BCUT2D eigenvalue weighted by Gasteiger charge is -2.17. The van der Waals surface area contributed by atoms with E-state index in [1.165, 1.54) is 0 Å². The van der Waals surface area contributed by atoms with Gasteiger partial charge in [-0.2, -0.15) is 0 Å². The molecule has 0 heterocycles. The quantitative estimate of drug-likeness (QED) is 0.280. The van der Waals surface area contributed by atoms with Crippen LogP contribution in [-0.4, -0.2) is 59.3 Å². The molecule has 0 bridgehead atoms. The van der Waals surface area contributed by atoms with Gasteiger partial charge in [-0.05, 0) is 38.4 Å². The summed E-state index contributed by atoms with van der Waals surface area (Å²) in [7, 11) is 0. The van der Waals surface area contributed by atoms with Crippen molar-refractivity contribution in [2.75, 3.05) is 18.8 Å². The Kier molecular flexibility index (Phi) is 27.0. The molecule has 0 aromatic rings. The molecule has 7 nitrogen and oxygen atoms in total. The molecule has 0 aromatic heterocycles. The SMILES string of the molecule is CC.CC.CC=N/C(=C\C)CCNC(=O)C(O)C(O)C(=O)NCCCS/C=C\C. The third-order valence-electron chi connectivity index (χ3n) is 3.12. The van der Waals surface area contributed by atoms with E-state index in [0.717, 1.165) is 17.9 Å². The van der Waals surface area contributed by atoms with Gasteiger partial charge in [-0.1, -0.05) is 39.8 Å². The van der Waals surface area contributed by atoms with Crippen LogP contribution in [0.25, 0.3) is 0 Å². The molecule has 0 spiro atoms. The molecular weight excluding hydrogens is 390 g/mol. The summed E-state index contributed by atoms with van der Waals surface area (Å²) in [5.74, 6) is -0.720. The number of rotatable bonds is 12. The van der Waals surface area contributed by atoms with Gasteiger partial charge in [0, 0.05) is 31.4 Å². The van der Waals surface area contributed by atoms with Gasteiger partial charge in [0.05, 0.1) is 0 Å². The van der Waals surface area contributed by atoms with Gasteiger partial charge in [-0.25, -0.2) is 0 Å². The number of hydrogen-bond acceptors (Lipinski definition) is 6. The van der Waals surface area contributed by atoms with E-state index in [2.05, 4.69) is 15.6 Å². The second-order valence-electron chi connectivity index (χ2n) is 5.08. The molecule has 0 radical (unpaired) electrons. The van der Waals surface area contributed by atoms with Crippen LogP contribution < -0.4 is 10.6 Å². The summed E-state index contributed by atoms with van der Waals surface area (Å²) in [6, 6.07) is 0. The minimum absolute atomic E-state index is 0.253. The summed E-state index contributed by atoms with van der Waals surface area (Å²) in [6.07, 6.45) is 3.01. The standard InChI is InChI=1S/C17H29N3O4S.2C2H6/c1-4-11-25-12-7-9-19-16(23)14(21)15(22)17(24)20-10-8-13(5-2)18-6-3;2*1-2/h4-6,11,14-15,21-22H,7-10,12H2,1-3H3,(H,19,23)(H,20,24);2*1-2H3/b11-4-,13-5-,18-6?;;. The first-order chi connectivity index (χ1) is 14.0. The van der Waals surface area contributed by atoms with Crippen LogP contribution in [0, 0.1) is 0 Å². The van der Waals surface area contributed by atoms with Gasteiger partial charge in [0.1, 0.15) is 0 Å². The molecule has 0 aliphatic carbocycles. The van der Waals surface area contributed by atoms with Gasteiger partial charge >= 0.3 is 0 Å². The van der Waals surface area contributed by atoms with Crippen LogP contribution in [0.5, 0.6) is 0 Å². The van der Waals surface area contributed by atoms with Crippen molar-refractivity contribution in [3.8, 4) is 0 Å². The Hall–Kier alpha value is -1.64. The lowest BCUT2D eigenvalue weighted by atomic mass is 10.1. The smallest absolute Gasteiger partial charge is 0.252 e. The van der Waals surface area contributed by atoms with Crippen molar-refractivity contribution in [1.82, 2.24) is 10.6 Å². The second kappa shape index (κ2) is 24.4. The number of aliphatic hydroxyl groups excluding tert-OH is 2. The fourth-order valence-corrected chi connectivity index (χ4v) is 2.43. The lowest BCUT2D eigenvalue weighted by molar-refractivity contribution is -0.146. The highest BCUT2D eigenvalue weighted by Gasteiger charge is 2.29. The van der Waals surface area contributed by atoms with E-state index in [1.54, 1.807) is 24.9 Å². The maximum Gasteiger partial charge on any atom is 0.252 e. The molecule has 0 aliphatic heterocycles. The van der Waals surface area contributed by atoms with Crippen LogP contribution in [0.2, 0.25) is 0 Å². The van der Waals surface area contributed by atoms with Crippen molar-refractivity contribution >= 4 is 29.8 Å². The van der Waals surface area contributed by atoms with Crippen LogP contribution in [0.3, 0.4) is 0 Å². The Bertz CT molecular complexity index is 494. The number of nitrogens with one attached hydrogen (secondary N) is 2. The van der Waals surface area contributed by atoms with Gasteiger partial charge in [0.2, 0.25) is 0 Å². The molecule has 0 saturated heterocycles. The van der Waals surface area contributed by atoms with E-state index in [9.17, 15) is 19.8 Å². The largest absolute Gasteiger partial charge is 0.380 e. The highest BCUT2D eigenvalue weighted by molar-refractivity contribution is 8.02. The van der Waals surface area contributed by atoms with Crippen LogP contribution in [0.4, 0.5) is 0 Å². The minimum Gasteiger partial charge on any atom is -0.380 e. The van der Waals surface area contributed by atoms with Crippen LogP contribution >= 0.6 is 11.8 Å². The summed E-state index contributed by atoms with van der Waals surface area (Å²) in [5.41, 5.74) is 0.798. The highest BCUT2D eigenvalue weighted by Crippen LogP contribution is 2.03. The van der Waals surface area contributed by atoms with Gasteiger partial charge in [-0.3, -0.25) is 14.6 Å². The second-order valence-corrected chi connectivity index (χ2v) is 6.10. The van der Waals surface area contributed by atoms with E-state index in [-0.39, 0.29) is 6.54 Å². The predicted molar refractivity (Wildman–Crippen MR) is 125 cm³/mol. The van der Waals surface area contributed by atoms with Crippen molar-refractivity contribution in [3.05, 3.63) is 23.3 Å². The third-order valence-corrected chi connectivity index (χ3v) is 4.10. The van der Waals surface area contributed by atoms with Gasteiger partial charge in [0.15, 0.2) is 12.2 Å². The van der Waals surface area contributed by atoms with E-state index in [1.807, 2.05) is 59.1 Å². The number of nitrogens with zero attached hydrogens (tertiary/aromatic N) is 1. The summed E-state index contributed by atoms with van der Waals surface area (Å²) in [4.78, 5) is 27.6. The van der Waals surface area contributed by atoms with Crippen molar-refractivity contribution in [2.24, 2.45) is 4.99 Å². The molecule has 0 rings (SSSR count). The van der Waals surface area contributed by atoms with Crippen LogP contribution in [0.15, 0.2) is 28.2 Å². The zero-order chi connectivity index (χ0) is 23.1. The van der Waals surface area contributed by atoms with E-state index in [0.29, 0.717) is 13.0 Å². The Morgan fingerprint density at radius 1 is 0.966 bits per heavy atom. The Morgan fingerprint density at radius 3 is 1.93 bits per heavy atom. The normalized spacial score (nSPS) is 13.1. The molecule has 2 atom stereocenters. The van der Waals surface area contributed by atoms with E-state index in [4.69, 9.17) is 0 Å². The molecule has 0 saturated carbocycles. The summed E-state index contributed by atoms with van der Waals surface area (Å²) >= 11 is 1.62. The maximum absolute atomic E-state index is 11.8. The van der Waals surface area contributed by atoms with Crippen molar-refractivity contribution in [1.29, 1.82) is 0 Å². The zero-order valence-corrected chi connectivity index (χ0v) is 19.9. The molecule has 4 N–H and O–H groups in total. The average Bonchev–Trinajstić information content (AvgIpc) is 2.76. The third kappa shape index (κ3) is 18.1. The van der Waals surface area contributed by atoms with E-state index < -0.39 is 24.0 Å². The molecule has 0 aromatic carbocycles. The van der Waals surface area contributed by atoms with Gasteiger partial charge < -0.3 is 20.8 Å². The van der Waals surface area contributed by atoms with Crippen molar-refractivity contribution in [2.45, 2.75) is 73.5 Å². The lowest BCUT2D eigenvalue weighted by Crippen LogP contribution is -2.49. The maximum atomic E-state index is 11.8. The predicted octanol–water partition coefficient (Wildman–Crippen LogP) is 3.03. The zero-order valence-electron chi connectivity index (χ0n) is 19.1. The molecule has 2 amide bonds. The number of carbonyl (C=O) groups excluding carboxylic acids is 2. The number of carbonyl (C=O) groups is 2. The Morgan fingerprint density at radius 2 is 1.48 bits per heavy atom. The summed E-state index contributed by atoms with van der Waals surface area (Å²) in [5, 5.41) is 26.5. The van der Waals surface area contributed by atoms with Crippen molar-refractivity contribution in [3.63, 3.8) is 0 Å². The molecule has 8 heteroatoms. The monoisotopic (exact) mass is 431 g/mol. The molecule has 29 heavy (non-hydrogen) atoms. The van der Waals surface area contributed by atoms with E-state index >= 15 is 0 Å². The van der Waals surface area contributed by atoms with Crippen molar-refractivity contribution < 1.29 is 19.8 Å². The first-order valence-corrected chi connectivity index (χ1v) is 11.3. The average molecular weight is 432 g/mol. The summed E-state index contributed by atoms with van der Waals surface area (Å²) in [6.45, 7) is 14.2. The molecule has 0 aliphatic rings. The van der Waals surface area contributed by atoms with Gasteiger partial charge in [0.25, 0.3) is 11.8 Å². The minimum atomic E-state index is -1.80. The first kappa shape index (κ1) is 32.0. The molecule has 2 unspecified atom stereocenters. The summed E-state index contributed by atoms with van der Waals surface area (Å²) < 4.78 is 0. The highest BCUT2D eigenvalue weighted by atomic mass is 32.2. The topological polar surface area (TPSA) is 111 Å². The van der Waals surface area contributed by atoms with Gasteiger partial charge in [-0.15, -0.1) is 11.8 Å². The molecule has 170 valence electrons. The fraction of sp³-hybridized carbons (Fsp3) is 0.667. The number of aliphatic hydroxyl groups is 2. The Balaban J connectivity index is -0.00000158. The number of hydrogen-bond donors (Lipinski definition) is 4. The fourth-order valence-electron chi connectivity index (χ4n) is 1.79. The Labute approximate surface area is 181 Å². The molecular formula is C21H41N3O4S. The number of aliphatic imine (C=N–C) groups is 1. The van der Waals surface area contributed by atoms with Crippen LogP contribution in [0.1, 0.15) is 61.3 Å². The van der Waals surface area contributed by atoms with Crippen LogP contribution in [-0.2, 0) is 9.59 Å². The number of amides is 2. The molecule has 0 fully saturated rings.